The highest BCUT2D eigenvalue weighted by Gasteiger charge is 2.36. The summed E-state index contributed by atoms with van der Waals surface area (Å²) in [5, 5.41) is 4.08. The van der Waals surface area contributed by atoms with E-state index < -0.39 is 29.6 Å². The van der Waals surface area contributed by atoms with Crippen LogP contribution in [-0.4, -0.2) is 59.3 Å². The molecule has 1 aromatic heterocycles. The minimum absolute atomic E-state index is 0.00277. The molecule has 2 fully saturated rings. The number of rotatable bonds is 10. The molecule has 0 radical (unpaired) electrons. The lowest BCUT2D eigenvalue weighted by atomic mass is 10.0. The summed E-state index contributed by atoms with van der Waals surface area (Å²) in [4.78, 5) is 38.5. The van der Waals surface area contributed by atoms with Crippen molar-refractivity contribution in [3.63, 3.8) is 0 Å². The lowest BCUT2D eigenvalue weighted by Crippen LogP contribution is -2.36. The van der Waals surface area contributed by atoms with Crippen LogP contribution in [0.1, 0.15) is 46.7 Å². The maximum absolute atomic E-state index is 14.9. The van der Waals surface area contributed by atoms with Crippen molar-refractivity contribution in [2.45, 2.75) is 44.2 Å². The number of nitrogens with zero attached hydrogens (tertiary/aromatic N) is 3. The minimum Gasteiger partial charge on any atom is -0.486 e. The van der Waals surface area contributed by atoms with Gasteiger partial charge in [-0.3, -0.25) is 4.79 Å². The molecule has 2 heterocycles. The predicted molar refractivity (Wildman–Crippen MR) is 151 cm³/mol. The summed E-state index contributed by atoms with van der Waals surface area (Å²) in [6.45, 7) is 5.42. The van der Waals surface area contributed by atoms with Crippen molar-refractivity contribution in [2.75, 3.05) is 31.3 Å². The van der Waals surface area contributed by atoms with Crippen molar-refractivity contribution in [2.24, 2.45) is 0 Å². The number of hydrogen-bond acceptors (Lipinski definition) is 9. The van der Waals surface area contributed by atoms with Crippen molar-refractivity contribution < 1.29 is 32.7 Å². The number of carbonyl (C=O) groups excluding carboxylic acids is 2. The van der Waals surface area contributed by atoms with E-state index in [-0.39, 0.29) is 46.8 Å². The van der Waals surface area contributed by atoms with Gasteiger partial charge in [-0.15, -0.1) is 5.06 Å². The third-order valence-electron chi connectivity index (χ3n) is 7.45. The second kappa shape index (κ2) is 12.2. The molecule has 10 nitrogen and oxygen atoms in total. The number of carbonyl (C=O) groups is 2. The van der Waals surface area contributed by atoms with Gasteiger partial charge in [-0.1, -0.05) is 12.6 Å². The molecule has 0 unspecified atom stereocenters. The Morgan fingerprint density at radius 3 is 2.69 bits per heavy atom. The molecule has 3 N–H and O–H groups in total. The quantitative estimate of drug-likeness (QED) is 0.332. The Labute approximate surface area is 241 Å². The number of hydroxylamine groups is 2. The van der Waals surface area contributed by atoms with Crippen LogP contribution in [0.5, 0.6) is 5.75 Å². The van der Waals surface area contributed by atoms with Crippen LogP contribution in [0, 0.1) is 18.6 Å². The third kappa shape index (κ3) is 6.24. The van der Waals surface area contributed by atoms with Gasteiger partial charge in [0.1, 0.15) is 30.3 Å². The molecule has 12 heteroatoms. The van der Waals surface area contributed by atoms with E-state index in [1.807, 2.05) is 0 Å². The number of halogens is 2. The van der Waals surface area contributed by atoms with Crippen LogP contribution in [-0.2, 0) is 14.4 Å². The normalized spacial score (nSPS) is 18.5. The minimum atomic E-state index is -0.712. The van der Waals surface area contributed by atoms with Gasteiger partial charge in [0.2, 0.25) is 0 Å². The monoisotopic (exact) mass is 579 g/mol. The zero-order valence-electron chi connectivity index (χ0n) is 23.2. The number of nitrogen functional groups attached to an aromatic ring is 1. The van der Waals surface area contributed by atoms with Crippen LogP contribution in [0.15, 0.2) is 49.3 Å². The Hall–Kier alpha value is -4.42. The molecular weight excluding hydrogens is 548 g/mol. The molecule has 1 saturated carbocycles. The number of aromatic nitrogens is 2. The molecule has 0 spiro atoms. The molecule has 1 aliphatic carbocycles. The Morgan fingerprint density at radius 1 is 1.21 bits per heavy atom. The van der Waals surface area contributed by atoms with Gasteiger partial charge in [-0.05, 0) is 67.5 Å². The third-order valence-corrected chi connectivity index (χ3v) is 7.45. The molecule has 42 heavy (non-hydrogen) atoms. The highest BCUT2D eigenvalue weighted by atomic mass is 19.1. The second-order valence-electron chi connectivity index (χ2n) is 10.3. The Kier molecular flexibility index (Phi) is 8.46. The van der Waals surface area contributed by atoms with E-state index in [1.54, 1.807) is 20.1 Å². The number of hydrogen-bond donors (Lipinski definition) is 2. The smallest absolute Gasteiger partial charge is 0.349 e. The molecule has 2 aromatic carbocycles. The summed E-state index contributed by atoms with van der Waals surface area (Å²) in [6, 6.07) is 6.55. The van der Waals surface area contributed by atoms with Crippen molar-refractivity contribution in [3.8, 4) is 17.0 Å². The molecule has 0 bridgehead atoms. The molecule has 3 aromatic rings. The number of anilines is 2. The highest BCUT2D eigenvalue weighted by molar-refractivity contribution is 6.05. The Morgan fingerprint density at radius 2 is 2.00 bits per heavy atom. The van der Waals surface area contributed by atoms with Crippen molar-refractivity contribution in [1.29, 1.82) is 0 Å². The number of ether oxygens (including phenoxy) is 2. The largest absolute Gasteiger partial charge is 0.486 e. The van der Waals surface area contributed by atoms with Crippen LogP contribution in [0.2, 0.25) is 0 Å². The molecule has 1 amide bonds. The van der Waals surface area contributed by atoms with Crippen molar-refractivity contribution in [1.82, 2.24) is 15.0 Å². The summed E-state index contributed by atoms with van der Waals surface area (Å²) in [5.74, 6) is -2.22. The summed E-state index contributed by atoms with van der Waals surface area (Å²) < 4.78 is 41.2. The summed E-state index contributed by atoms with van der Waals surface area (Å²) in [6.07, 6.45) is 4.57. The first-order chi connectivity index (χ1) is 20.2. The van der Waals surface area contributed by atoms with Crippen LogP contribution < -0.4 is 15.8 Å². The van der Waals surface area contributed by atoms with Gasteiger partial charge in [0.15, 0.2) is 11.6 Å². The Bertz CT molecular complexity index is 1530. The SMILES string of the molecule is C=CC(=O)ON1C[C@@H](OC)C[C@H]1COc1c(N)ncnc1-c1cc(F)cc(NC(=O)c2ccc(C3CC3)cc2F)c1C. The number of nitrogens with two attached hydrogens (primary N) is 1. The fourth-order valence-electron chi connectivity index (χ4n) is 4.96. The van der Waals surface area contributed by atoms with E-state index in [1.165, 1.54) is 29.6 Å². The zero-order chi connectivity index (χ0) is 30.0. The number of amides is 1. The van der Waals surface area contributed by atoms with Gasteiger partial charge in [0.25, 0.3) is 5.91 Å². The van der Waals surface area contributed by atoms with Gasteiger partial charge in [0.05, 0.1) is 24.3 Å². The van der Waals surface area contributed by atoms with Gasteiger partial charge in [-0.2, -0.15) is 0 Å². The fraction of sp³-hybridized carbons (Fsp3) is 0.333. The van der Waals surface area contributed by atoms with E-state index in [2.05, 4.69) is 21.9 Å². The van der Waals surface area contributed by atoms with Gasteiger partial charge >= 0.3 is 5.97 Å². The van der Waals surface area contributed by atoms with E-state index in [0.717, 1.165) is 30.5 Å². The number of benzene rings is 2. The van der Waals surface area contributed by atoms with Crippen LogP contribution in [0.4, 0.5) is 20.3 Å². The van der Waals surface area contributed by atoms with Gasteiger partial charge in [0, 0.05) is 24.4 Å². The average Bonchev–Trinajstić information content (AvgIpc) is 3.75. The molecule has 2 atom stereocenters. The molecule has 2 aliphatic rings. The van der Waals surface area contributed by atoms with Crippen molar-refractivity contribution >= 4 is 23.4 Å². The van der Waals surface area contributed by atoms with Crippen LogP contribution >= 0.6 is 0 Å². The molecule has 5 rings (SSSR count). The molecule has 220 valence electrons. The molecule has 1 aliphatic heterocycles. The first-order valence-electron chi connectivity index (χ1n) is 13.5. The molecular formula is C30H31F2N5O5. The first-order valence-corrected chi connectivity index (χ1v) is 13.5. The zero-order valence-corrected chi connectivity index (χ0v) is 23.2. The summed E-state index contributed by atoms with van der Waals surface area (Å²) >= 11 is 0. The lowest BCUT2D eigenvalue weighted by molar-refractivity contribution is -0.191. The second-order valence-corrected chi connectivity index (χ2v) is 10.3. The first kappa shape index (κ1) is 29.1. The van der Waals surface area contributed by atoms with Gasteiger partial charge in [-0.25, -0.2) is 23.5 Å². The average molecular weight is 580 g/mol. The van der Waals surface area contributed by atoms with Gasteiger partial charge < -0.3 is 25.4 Å². The topological polar surface area (TPSA) is 129 Å². The molecule has 1 saturated heterocycles. The van der Waals surface area contributed by atoms with E-state index in [9.17, 15) is 18.4 Å². The standard InChI is InChI=1S/C30H31F2N5O5/c1-4-26(38)42-37-13-21(40-3)12-20(37)14-41-28-27(34-15-35-29(28)33)23-10-19(31)11-25(16(23)2)36-30(39)22-8-7-18(9-24(22)32)17-5-6-17/h4,7-11,15,17,20-21H,1,5-6,12-14H2,2-3H3,(H,36,39)(H2,33,34,35)/t20-,21-/m0/s1. The maximum Gasteiger partial charge on any atom is 0.349 e. The van der Waals surface area contributed by atoms with E-state index in [0.29, 0.717) is 24.4 Å². The van der Waals surface area contributed by atoms with E-state index in [4.69, 9.17) is 20.0 Å². The highest BCUT2D eigenvalue weighted by Crippen LogP contribution is 2.41. The van der Waals surface area contributed by atoms with Crippen LogP contribution in [0.3, 0.4) is 0 Å². The number of nitrogens with one attached hydrogen (secondary N) is 1. The fourth-order valence-corrected chi connectivity index (χ4v) is 4.96. The maximum atomic E-state index is 14.9. The van der Waals surface area contributed by atoms with Crippen molar-refractivity contribution in [3.05, 3.63) is 77.6 Å². The predicted octanol–water partition coefficient (Wildman–Crippen LogP) is 4.55. The summed E-state index contributed by atoms with van der Waals surface area (Å²) in [7, 11) is 1.56. The lowest BCUT2D eigenvalue weighted by Gasteiger charge is -2.23. The van der Waals surface area contributed by atoms with Crippen LogP contribution in [0.25, 0.3) is 11.3 Å². The van der Waals surface area contributed by atoms with E-state index >= 15 is 0 Å². The number of methoxy groups -OCH3 is 1. The Balaban J connectivity index is 1.40. The summed E-state index contributed by atoms with van der Waals surface area (Å²) in [5.41, 5.74) is 7.92.